The van der Waals surface area contributed by atoms with E-state index in [9.17, 15) is 14.4 Å². The van der Waals surface area contributed by atoms with Crippen LogP contribution < -0.4 is 0 Å². The summed E-state index contributed by atoms with van der Waals surface area (Å²) in [5.74, 6) is -0.719. The molecule has 2 aliphatic heterocycles. The molecule has 7 nitrogen and oxygen atoms in total. The molecule has 1 aromatic heterocycles. The third kappa shape index (κ3) is 3.97. The number of hydrogen-bond acceptors (Lipinski definition) is 5. The Balaban J connectivity index is 1.68. The Kier molecular flexibility index (Phi) is 5.87. The molecule has 2 saturated heterocycles. The summed E-state index contributed by atoms with van der Waals surface area (Å²) in [6.45, 7) is 3.22. The Hall–Kier alpha value is -3.06. The highest BCUT2D eigenvalue weighted by molar-refractivity contribution is 6.10. The molecule has 2 fully saturated rings. The fourth-order valence-electron chi connectivity index (χ4n) is 4.60. The van der Waals surface area contributed by atoms with Crippen molar-refractivity contribution in [3.05, 3.63) is 65.5 Å². The summed E-state index contributed by atoms with van der Waals surface area (Å²) in [5, 5.41) is 0. The monoisotopic (exact) mass is 421 g/mol. The first-order valence-electron chi connectivity index (χ1n) is 10.6. The minimum absolute atomic E-state index is 0.00143. The quantitative estimate of drug-likeness (QED) is 0.669. The molecular formula is C24H27N3O4. The van der Waals surface area contributed by atoms with Crippen LogP contribution in [0.1, 0.15) is 36.0 Å². The van der Waals surface area contributed by atoms with Crippen molar-refractivity contribution in [3.8, 4) is 0 Å². The van der Waals surface area contributed by atoms with Gasteiger partial charge >= 0.3 is 0 Å². The first-order valence-corrected chi connectivity index (χ1v) is 10.6. The van der Waals surface area contributed by atoms with Gasteiger partial charge in [0.05, 0.1) is 24.6 Å². The van der Waals surface area contributed by atoms with Crippen molar-refractivity contribution < 1.29 is 19.1 Å². The van der Waals surface area contributed by atoms with Crippen LogP contribution in [0.25, 0.3) is 0 Å². The number of pyridine rings is 1. The molecule has 0 N–H and O–H groups in total. The second kappa shape index (κ2) is 8.59. The maximum Gasteiger partial charge on any atom is 0.241 e. The highest BCUT2D eigenvalue weighted by Crippen LogP contribution is 2.42. The largest absolute Gasteiger partial charge is 0.379 e. The predicted octanol–water partition coefficient (Wildman–Crippen LogP) is 2.22. The van der Waals surface area contributed by atoms with E-state index in [0.29, 0.717) is 13.2 Å². The van der Waals surface area contributed by atoms with Gasteiger partial charge in [0.25, 0.3) is 0 Å². The summed E-state index contributed by atoms with van der Waals surface area (Å²) >= 11 is 0. The molecule has 0 saturated carbocycles. The molecule has 2 aromatic rings. The number of carbonyl (C=O) groups is 3. The van der Waals surface area contributed by atoms with Gasteiger partial charge in [0.1, 0.15) is 0 Å². The number of rotatable bonds is 6. The van der Waals surface area contributed by atoms with Crippen molar-refractivity contribution in [2.45, 2.75) is 44.2 Å². The second-order valence-corrected chi connectivity index (χ2v) is 8.41. The van der Waals surface area contributed by atoms with Crippen LogP contribution in [0.15, 0.2) is 48.8 Å². The molecule has 1 aromatic carbocycles. The lowest BCUT2D eigenvalue weighted by molar-refractivity contribution is -0.143. The van der Waals surface area contributed by atoms with Gasteiger partial charge in [-0.05, 0) is 42.2 Å². The molecule has 7 heteroatoms. The van der Waals surface area contributed by atoms with Gasteiger partial charge in [-0.3, -0.25) is 24.3 Å². The number of imide groups is 1. The Morgan fingerprint density at radius 1 is 1.23 bits per heavy atom. The summed E-state index contributed by atoms with van der Waals surface area (Å²) in [6, 6.07) is 11.1. The van der Waals surface area contributed by atoms with Gasteiger partial charge in [0.15, 0.2) is 0 Å². The SMILES string of the molecule is Cc1ccccc1[C@]1(CC(=O)N(C)[C@@H]2CCOC2)CC(=O)N(Cc2ccncc2)C1=O. The minimum Gasteiger partial charge on any atom is -0.379 e. The van der Waals surface area contributed by atoms with Crippen molar-refractivity contribution in [2.75, 3.05) is 20.3 Å². The third-order valence-corrected chi connectivity index (χ3v) is 6.46. The van der Waals surface area contributed by atoms with Crippen LogP contribution in [0.5, 0.6) is 0 Å². The van der Waals surface area contributed by atoms with E-state index in [-0.39, 0.29) is 43.1 Å². The van der Waals surface area contributed by atoms with Gasteiger partial charge < -0.3 is 9.64 Å². The van der Waals surface area contributed by atoms with Gasteiger partial charge in [-0.2, -0.15) is 0 Å². The molecule has 0 radical (unpaired) electrons. The van der Waals surface area contributed by atoms with E-state index < -0.39 is 5.41 Å². The van der Waals surface area contributed by atoms with Gasteiger partial charge in [0.2, 0.25) is 17.7 Å². The molecule has 2 atom stereocenters. The van der Waals surface area contributed by atoms with E-state index in [2.05, 4.69) is 4.98 Å². The zero-order valence-electron chi connectivity index (χ0n) is 17.9. The number of likely N-dealkylation sites (tertiary alicyclic amines) is 1. The normalized spacial score (nSPS) is 23.4. The Morgan fingerprint density at radius 2 is 1.97 bits per heavy atom. The lowest BCUT2D eigenvalue weighted by atomic mass is 9.74. The number of likely N-dealkylation sites (N-methyl/N-ethyl adjacent to an activating group) is 1. The third-order valence-electron chi connectivity index (χ3n) is 6.46. The minimum atomic E-state index is -1.19. The van der Waals surface area contributed by atoms with Crippen LogP contribution in [-0.4, -0.2) is 58.8 Å². The standard InChI is InChI=1S/C24H27N3O4/c1-17-5-3-4-6-20(17)24(13-21(28)26(2)19-9-12-31-16-19)14-22(29)27(23(24)30)15-18-7-10-25-11-8-18/h3-8,10-11,19H,9,12-16H2,1-2H3/t19-,24+/m1/s1. The first kappa shape index (κ1) is 21.2. The number of ether oxygens (including phenoxy) is 1. The maximum atomic E-state index is 13.8. The summed E-state index contributed by atoms with van der Waals surface area (Å²) < 4.78 is 5.42. The zero-order chi connectivity index (χ0) is 22.0. The van der Waals surface area contributed by atoms with Crippen LogP contribution in [0.4, 0.5) is 0 Å². The molecule has 0 unspecified atom stereocenters. The van der Waals surface area contributed by atoms with Gasteiger partial charge in [-0.15, -0.1) is 0 Å². The summed E-state index contributed by atoms with van der Waals surface area (Å²) in [6.07, 6.45) is 4.00. The fraction of sp³-hybridized carbons (Fsp3) is 0.417. The Bertz CT molecular complexity index is 987. The summed E-state index contributed by atoms with van der Waals surface area (Å²) in [7, 11) is 1.75. The Labute approximate surface area is 182 Å². The maximum absolute atomic E-state index is 13.8. The molecule has 0 bridgehead atoms. The van der Waals surface area contributed by atoms with Crippen LogP contribution in [0.2, 0.25) is 0 Å². The van der Waals surface area contributed by atoms with E-state index in [1.165, 1.54) is 4.90 Å². The van der Waals surface area contributed by atoms with E-state index in [1.807, 2.05) is 31.2 Å². The molecule has 0 aliphatic carbocycles. The zero-order valence-corrected chi connectivity index (χ0v) is 17.9. The smallest absolute Gasteiger partial charge is 0.241 e. The van der Waals surface area contributed by atoms with Crippen molar-refractivity contribution >= 4 is 17.7 Å². The molecule has 162 valence electrons. The number of hydrogen-bond donors (Lipinski definition) is 0. The van der Waals surface area contributed by atoms with E-state index in [1.54, 1.807) is 36.5 Å². The topological polar surface area (TPSA) is 79.8 Å². The van der Waals surface area contributed by atoms with Crippen molar-refractivity contribution in [3.63, 3.8) is 0 Å². The molecule has 4 rings (SSSR count). The summed E-state index contributed by atoms with van der Waals surface area (Å²) in [4.78, 5) is 47.0. The van der Waals surface area contributed by atoms with Crippen LogP contribution in [-0.2, 0) is 31.1 Å². The fourth-order valence-corrected chi connectivity index (χ4v) is 4.60. The Morgan fingerprint density at radius 3 is 2.65 bits per heavy atom. The molecule has 0 spiro atoms. The highest BCUT2D eigenvalue weighted by atomic mass is 16.5. The number of amides is 3. The molecule has 3 amide bonds. The van der Waals surface area contributed by atoms with Gasteiger partial charge in [0, 0.05) is 38.9 Å². The molecule has 2 aliphatic rings. The van der Waals surface area contributed by atoms with E-state index in [0.717, 1.165) is 23.1 Å². The van der Waals surface area contributed by atoms with Crippen molar-refractivity contribution in [1.82, 2.24) is 14.8 Å². The van der Waals surface area contributed by atoms with Crippen molar-refractivity contribution in [2.24, 2.45) is 0 Å². The predicted molar refractivity (Wildman–Crippen MR) is 114 cm³/mol. The summed E-state index contributed by atoms with van der Waals surface area (Å²) in [5.41, 5.74) is 1.27. The number of aryl methyl sites for hydroxylation is 1. The number of aromatic nitrogens is 1. The first-order chi connectivity index (χ1) is 14.9. The highest BCUT2D eigenvalue weighted by Gasteiger charge is 2.54. The van der Waals surface area contributed by atoms with Crippen LogP contribution in [0, 0.1) is 6.92 Å². The van der Waals surface area contributed by atoms with E-state index >= 15 is 0 Å². The number of carbonyl (C=O) groups excluding carboxylic acids is 3. The molecular weight excluding hydrogens is 394 g/mol. The van der Waals surface area contributed by atoms with Gasteiger partial charge in [-0.25, -0.2) is 0 Å². The molecule has 31 heavy (non-hydrogen) atoms. The number of nitrogens with zero attached hydrogens (tertiary/aromatic N) is 3. The molecule has 3 heterocycles. The van der Waals surface area contributed by atoms with Crippen LogP contribution >= 0.6 is 0 Å². The average molecular weight is 421 g/mol. The van der Waals surface area contributed by atoms with E-state index in [4.69, 9.17) is 4.74 Å². The number of benzene rings is 1. The van der Waals surface area contributed by atoms with Gasteiger partial charge in [-0.1, -0.05) is 24.3 Å². The van der Waals surface area contributed by atoms with Crippen LogP contribution in [0.3, 0.4) is 0 Å². The van der Waals surface area contributed by atoms with Crippen molar-refractivity contribution in [1.29, 1.82) is 0 Å². The lowest BCUT2D eigenvalue weighted by Gasteiger charge is -2.32. The second-order valence-electron chi connectivity index (χ2n) is 8.41. The lowest BCUT2D eigenvalue weighted by Crippen LogP contribution is -2.45. The average Bonchev–Trinajstić information content (AvgIpc) is 3.38.